The molecule has 5 nitrogen and oxygen atoms in total. The molecule has 38 heavy (non-hydrogen) atoms. The van der Waals surface area contributed by atoms with Gasteiger partial charge in [0.25, 0.3) is 5.91 Å². The molecule has 0 N–H and O–H groups in total. The minimum Gasteiger partial charge on any atom is -0.493 e. The number of carbonyl (C=O) groups excluding carboxylic acids is 1. The number of amidine groups is 1. The molecule has 0 atom stereocenters. The molecule has 0 aromatic heterocycles. The fraction of sp³-hybridized carbons (Fsp3) is 0.290. The van der Waals surface area contributed by atoms with Crippen LogP contribution >= 0.6 is 23.4 Å². The maximum Gasteiger partial charge on any atom is 0.267 e. The van der Waals surface area contributed by atoms with Gasteiger partial charge in [-0.3, -0.25) is 9.69 Å². The third-order valence-electron chi connectivity index (χ3n) is 6.88. The van der Waals surface area contributed by atoms with E-state index in [1.54, 1.807) is 7.11 Å². The molecule has 1 aliphatic heterocycles. The topological polar surface area (TPSA) is 51.1 Å². The Balaban J connectivity index is 1.49. The van der Waals surface area contributed by atoms with Gasteiger partial charge in [0.05, 0.1) is 17.7 Å². The normalized spacial score (nSPS) is 18.4. The van der Waals surface area contributed by atoms with Crippen LogP contribution < -0.4 is 9.47 Å². The van der Waals surface area contributed by atoms with Crippen LogP contribution in [-0.2, 0) is 11.4 Å². The van der Waals surface area contributed by atoms with E-state index < -0.39 is 0 Å². The van der Waals surface area contributed by atoms with E-state index in [0.29, 0.717) is 21.4 Å². The molecule has 1 aliphatic carbocycles. The number of carbonyl (C=O) groups is 1. The van der Waals surface area contributed by atoms with Crippen molar-refractivity contribution in [2.75, 3.05) is 7.11 Å². The Hall–Kier alpha value is -3.22. The first-order valence-corrected chi connectivity index (χ1v) is 14.1. The smallest absolute Gasteiger partial charge is 0.267 e. The predicted molar refractivity (Wildman–Crippen MR) is 156 cm³/mol. The predicted octanol–water partition coefficient (Wildman–Crippen LogP) is 8.17. The third-order valence-corrected chi connectivity index (χ3v) is 8.23. The summed E-state index contributed by atoms with van der Waals surface area (Å²) in [7, 11) is 1.61. The van der Waals surface area contributed by atoms with Crippen molar-refractivity contribution in [3.8, 4) is 11.5 Å². The van der Waals surface area contributed by atoms with E-state index in [2.05, 4.69) is 6.92 Å². The molecule has 0 unspecified atom stereocenters. The zero-order valence-electron chi connectivity index (χ0n) is 21.7. The number of hydrogen-bond acceptors (Lipinski definition) is 5. The van der Waals surface area contributed by atoms with Gasteiger partial charge in [-0.15, -0.1) is 0 Å². The molecular weight excluding hydrogens is 516 g/mol. The molecule has 1 heterocycles. The molecule has 0 radical (unpaired) electrons. The van der Waals surface area contributed by atoms with Crippen molar-refractivity contribution < 1.29 is 14.3 Å². The number of rotatable bonds is 7. The molecule has 2 fully saturated rings. The van der Waals surface area contributed by atoms with Crippen LogP contribution in [0.1, 0.15) is 48.8 Å². The summed E-state index contributed by atoms with van der Waals surface area (Å²) in [6.07, 6.45) is 7.37. The van der Waals surface area contributed by atoms with Gasteiger partial charge in [-0.1, -0.05) is 78.9 Å². The molecule has 3 aromatic carbocycles. The molecule has 0 bridgehead atoms. The summed E-state index contributed by atoms with van der Waals surface area (Å²) in [5.41, 5.74) is 3.67. The van der Waals surface area contributed by atoms with E-state index >= 15 is 0 Å². The van der Waals surface area contributed by atoms with Gasteiger partial charge in [-0.2, -0.15) is 0 Å². The molecule has 196 valence electrons. The number of thioether (sulfide) groups is 1. The van der Waals surface area contributed by atoms with Crippen molar-refractivity contribution in [2.45, 2.75) is 51.7 Å². The minimum absolute atomic E-state index is 0.00682. The van der Waals surface area contributed by atoms with Crippen LogP contribution in [0.25, 0.3) is 6.08 Å². The highest BCUT2D eigenvalue weighted by atomic mass is 35.5. The number of benzene rings is 3. The van der Waals surface area contributed by atoms with Crippen molar-refractivity contribution >= 4 is 46.2 Å². The summed E-state index contributed by atoms with van der Waals surface area (Å²) >= 11 is 7.78. The molecule has 2 aliphatic rings. The quantitative estimate of drug-likeness (QED) is 0.280. The standard InChI is InChI=1S/C31H31ClN2O3S/c1-21-15-17-24(18-16-21)33-31-34(25-11-4-3-5-12-25)30(35)28(38-31)19-22-10-8-14-27(36-2)29(22)37-20-23-9-6-7-13-26(23)32/h6-10,13-19,25H,3-5,11-12,20H2,1-2H3/b28-19+,33-31?. The number of halogens is 1. The highest BCUT2D eigenvalue weighted by molar-refractivity contribution is 8.18. The van der Waals surface area contributed by atoms with Crippen LogP contribution in [0.15, 0.2) is 76.6 Å². The maximum absolute atomic E-state index is 13.8. The van der Waals surface area contributed by atoms with Gasteiger partial charge in [0.1, 0.15) is 6.61 Å². The molecule has 5 rings (SSSR count). The van der Waals surface area contributed by atoms with Crippen LogP contribution in [-0.4, -0.2) is 29.1 Å². The number of amides is 1. The first kappa shape index (κ1) is 26.4. The molecular formula is C31H31ClN2O3S. The molecule has 7 heteroatoms. The second kappa shape index (κ2) is 12.1. The van der Waals surface area contributed by atoms with E-state index in [-0.39, 0.29) is 18.6 Å². The van der Waals surface area contributed by atoms with Crippen molar-refractivity contribution in [1.29, 1.82) is 0 Å². The van der Waals surface area contributed by atoms with Crippen molar-refractivity contribution in [2.24, 2.45) is 4.99 Å². The Morgan fingerprint density at radius 1 is 1.03 bits per heavy atom. The van der Waals surface area contributed by atoms with Gasteiger partial charge in [0, 0.05) is 22.2 Å². The zero-order valence-corrected chi connectivity index (χ0v) is 23.2. The number of ether oxygens (including phenoxy) is 2. The van der Waals surface area contributed by atoms with E-state index in [4.69, 9.17) is 26.1 Å². The Labute approximate surface area is 233 Å². The summed E-state index contributed by atoms with van der Waals surface area (Å²) < 4.78 is 11.8. The van der Waals surface area contributed by atoms with Gasteiger partial charge in [0.15, 0.2) is 16.7 Å². The second-order valence-electron chi connectivity index (χ2n) is 9.57. The molecule has 1 saturated carbocycles. The Bertz CT molecular complexity index is 1360. The Morgan fingerprint density at radius 3 is 2.53 bits per heavy atom. The number of nitrogens with zero attached hydrogens (tertiary/aromatic N) is 2. The molecule has 1 saturated heterocycles. The monoisotopic (exact) mass is 546 g/mol. The summed E-state index contributed by atoms with van der Waals surface area (Å²) in [6.45, 7) is 2.34. The minimum atomic E-state index is -0.00682. The van der Waals surface area contributed by atoms with Crippen molar-refractivity contribution in [3.05, 3.63) is 93.3 Å². The lowest BCUT2D eigenvalue weighted by molar-refractivity contribution is -0.124. The first-order chi connectivity index (χ1) is 18.5. The second-order valence-corrected chi connectivity index (χ2v) is 11.0. The van der Waals surface area contributed by atoms with Crippen LogP contribution in [0.4, 0.5) is 5.69 Å². The van der Waals surface area contributed by atoms with Gasteiger partial charge in [0.2, 0.25) is 0 Å². The maximum atomic E-state index is 13.8. The zero-order chi connectivity index (χ0) is 26.5. The Morgan fingerprint density at radius 2 is 1.79 bits per heavy atom. The van der Waals surface area contributed by atoms with Gasteiger partial charge in [-0.05, 0) is 61.9 Å². The summed E-state index contributed by atoms with van der Waals surface area (Å²) in [4.78, 5) is 21.3. The lowest BCUT2D eigenvalue weighted by Gasteiger charge is -2.30. The van der Waals surface area contributed by atoms with Gasteiger partial charge in [-0.25, -0.2) is 4.99 Å². The number of methoxy groups -OCH3 is 1. The Kier molecular flexibility index (Phi) is 8.40. The summed E-state index contributed by atoms with van der Waals surface area (Å²) in [5, 5.41) is 1.38. The largest absolute Gasteiger partial charge is 0.493 e. The molecule has 0 spiro atoms. The lowest BCUT2D eigenvalue weighted by Crippen LogP contribution is -2.40. The van der Waals surface area contributed by atoms with Crippen LogP contribution in [0.5, 0.6) is 11.5 Å². The SMILES string of the molecule is COc1cccc(/C=C2/SC(=Nc3ccc(C)cc3)N(C3CCCCC3)C2=O)c1OCc1ccccc1Cl. The van der Waals surface area contributed by atoms with Gasteiger partial charge < -0.3 is 9.47 Å². The lowest BCUT2D eigenvalue weighted by atomic mass is 9.94. The van der Waals surface area contributed by atoms with E-state index in [1.165, 1.54) is 23.7 Å². The number of aliphatic imine (C=N–C) groups is 1. The third kappa shape index (κ3) is 5.92. The van der Waals surface area contributed by atoms with Gasteiger partial charge >= 0.3 is 0 Å². The summed E-state index contributed by atoms with van der Waals surface area (Å²) in [6, 6.07) is 21.5. The molecule has 3 aromatic rings. The van der Waals surface area contributed by atoms with E-state index in [0.717, 1.165) is 47.7 Å². The van der Waals surface area contributed by atoms with Crippen molar-refractivity contribution in [1.82, 2.24) is 4.90 Å². The highest BCUT2D eigenvalue weighted by Crippen LogP contribution is 2.41. The number of para-hydroxylation sites is 1. The number of aryl methyl sites for hydroxylation is 1. The van der Waals surface area contributed by atoms with Crippen molar-refractivity contribution in [3.63, 3.8) is 0 Å². The fourth-order valence-electron chi connectivity index (χ4n) is 4.82. The fourth-order valence-corrected chi connectivity index (χ4v) is 6.06. The van der Waals surface area contributed by atoms with Crippen LogP contribution in [0, 0.1) is 6.92 Å². The first-order valence-electron chi connectivity index (χ1n) is 12.9. The van der Waals surface area contributed by atoms with Crippen LogP contribution in [0.2, 0.25) is 5.02 Å². The number of hydrogen-bond donors (Lipinski definition) is 0. The van der Waals surface area contributed by atoms with Crippen LogP contribution in [0.3, 0.4) is 0 Å². The van der Waals surface area contributed by atoms with E-state index in [9.17, 15) is 4.79 Å². The average Bonchev–Trinajstić information content (AvgIpc) is 3.24. The highest BCUT2D eigenvalue weighted by Gasteiger charge is 2.38. The van der Waals surface area contributed by atoms with E-state index in [1.807, 2.05) is 77.7 Å². The molecule has 1 amide bonds. The average molecular weight is 547 g/mol. The summed E-state index contributed by atoms with van der Waals surface area (Å²) in [5.74, 6) is 1.16.